The number of benzene rings is 2. The fourth-order valence-electron chi connectivity index (χ4n) is 2.46. The Kier molecular flexibility index (Phi) is 5.24. The molecule has 0 fully saturated rings. The second kappa shape index (κ2) is 7.57. The summed E-state index contributed by atoms with van der Waals surface area (Å²) in [6, 6.07) is 16.1. The van der Waals surface area contributed by atoms with E-state index in [9.17, 15) is 9.18 Å². The second-order valence-electron chi connectivity index (χ2n) is 6.09. The Balaban J connectivity index is 1.91. The number of hydrogen-bond donors (Lipinski definition) is 0. The van der Waals surface area contributed by atoms with E-state index >= 15 is 0 Å². The van der Waals surface area contributed by atoms with Crippen molar-refractivity contribution in [3.8, 4) is 11.3 Å². The highest BCUT2D eigenvalue weighted by molar-refractivity contribution is 7.14. The van der Waals surface area contributed by atoms with Crippen molar-refractivity contribution in [2.75, 3.05) is 4.90 Å². The molecule has 1 heterocycles. The fourth-order valence-corrected chi connectivity index (χ4v) is 3.30. The van der Waals surface area contributed by atoms with E-state index in [1.807, 2.05) is 49.6 Å². The van der Waals surface area contributed by atoms with Crippen LogP contribution >= 0.6 is 11.3 Å². The number of anilines is 1. The van der Waals surface area contributed by atoms with E-state index in [1.54, 1.807) is 17.0 Å². The third-order valence-corrected chi connectivity index (χ3v) is 4.67. The summed E-state index contributed by atoms with van der Waals surface area (Å²) in [4.78, 5) is 19.0. The number of hydrogen-bond acceptors (Lipinski definition) is 3. The number of halogens is 1. The number of amides is 1. The molecule has 0 saturated carbocycles. The van der Waals surface area contributed by atoms with Crippen molar-refractivity contribution in [1.82, 2.24) is 4.98 Å². The summed E-state index contributed by atoms with van der Waals surface area (Å²) >= 11 is 1.42. The first kappa shape index (κ1) is 17.3. The first-order valence-electron chi connectivity index (χ1n) is 8.11. The Morgan fingerprint density at radius 2 is 1.80 bits per heavy atom. The maximum atomic E-state index is 13.1. The molecule has 3 rings (SSSR count). The number of carbonyl (C=O) groups is 1. The van der Waals surface area contributed by atoms with Gasteiger partial charge in [-0.25, -0.2) is 9.37 Å². The molecule has 0 aliphatic heterocycles. The Morgan fingerprint density at radius 1 is 1.12 bits per heavy atom. The van der Waals surface area contributed by atoms with E-state index in [1.165, 1.54) is 23.5 Å². The molecular formula is C20H19FN2OS. The molecule has 0 radical (unpaired) electrons. The zero-order chi connectivity index (χ0) is 17.8. The van der Waals surface area contributed by atoms with Crippen LogP contribution in [0.5, 0.6) is 0 Å². The van der Waals surface area contributed by atoms with Crippen LogP contribution in [0.25, 0.3) is 11.3 Å². The molecule has 1 amide bonds. The zero-order valence-corrected chi connectivity index (χ0v) is 15.0. The molecule has 0 bridgehead atoms. The van der Waals surface area contributed by atoms with Crippen molar-refractivity contribution in [3.63, 3.8) is 0 Å². The second-order valence-corrected chi connectivity index (χ2v) is 6.92. The number of nitrogens with zero attached hydrogens (tertiary/aromatic N) is 2. The van der Waals surface area contributed by atoms with E-state index in [2.05, 4.69) is 4.98 Å². The van der Waals surface area contributed by atoms with Crippen LogP contribution in [0.3, 0.4) is 0 Å². The molecular weight excluding hydrogens is 335 g/mol. The lowest BCUT2D eigenvalue weighted by Crippen LogP contribution is -2.33. The molecule has 0 saturated heterocycles. The topological polar surface area (TPSA) is 33.2 Å². The minimum atomic E-state index is -0.278. The minimum absolute atomic E-state index is 0.0314. The van der Waals surface area contributed by atoms with E-state index in [0.29, 0.717) is 11.7 Å². The molecule has 25 heavy (non-hydrogen) atoms. The number of thiazole rings is 1. The molecule has 3 nitrogen and oxygen atoms in total. The van der Waals surface area contributed by atoms with E-state index in [4.69, 9.17) is 0 Å². The van der Waals surface area contributed by atoms with Gasteiger partial charge in [0.05, 0.1) is 12.2 Å². The molecule has 0 aliphatic rings. The third kappa shape index (κ3) is 4.12. The quantitative estimate of drug-likeness (QED) is 0.636. The van der Waals surface area contributed by atoms with Gasteiger partial charge in [-0.05, 0) is 29.8 Å². The van der Waals surface area contributed by atoms with Gasteiger partial charge in [-0.3, -0.25) is 9.69 Å². The summed E-state index contributed by atoms with van der Waals surface area (Å²) in [6.07, 6.45) is 0. The summed E-state index contributed by atoms with van der Waals surface area (Å²) in [5.74, 6) is -0.370. The molecule has 0 atom stereocenters. The van der Waals surface area contributed by atoms with Crippen molar-refractivity contribution < 1.29 is 9.18 Å². The SMILES string of the molecule is CC(C)C(=O)N(Cc1ccccc1)c1nc(-c2ccc(F)cc2)cs1. The smallest absolute Gasteiger partial charge is 0.231 e. The van der Waals surface area contributed by atoms with Crippen molar-refractivity contribution >= 4 is 22.4 Å². The first-order chi connectivity index (χ1) is 12.0. The number of carbonyl (C=O) groups excluding carboxylic acids is 1. The van der Waals surface area contributed by atoms with Crippen LogP contribution in [0.15, 0.2) is 60.0 Å². The highest BCUT2D eigenvalue weighted by Gasteiger charge is 2.22. The van der Waals surface area contributed by atoms with Crippen LogP contribution in [0.4, 0.5) is 9.52 Å². The van der Waals surface area contributed by atoms with Gasteiger partial charge in [-0.2, -0.15) is 0 Å². The lowest BCUT2D eigenvalue weighted by molar-refractivity contribution is -0.121. The highest BCUT2D eigenvalue weighted by atomic mass is 32.1. The number of rotatable bonds is 5. The van der Waals surface area contributed by atoms with Crippen molar-refractivity contribution in [2.45, 2.75) is 20.4 Å². The van der Waals surface area contributed by atoms with Gasteiger partial charge < -0.3 is 0 Å². The first-order valence-corrected chi connectivity index (χ1v) is 8.99. The largest absolute Gasteiger partial charge is 0.283 e. The van der Waals surface area contributed by atoms with Gasteiger partial charge in [0.15, 0.2) is 5.13 Å². The molecule has 1 aromatic heterocycles. The van der Waals surface area contributed by atoms with Crippen LogP contribution in [0.1, 0.15) is 19.4 Å². The maximum Gasteiger partial charge on any atom is 0.231 e. The molecule has 3 aromatic rings. The van der Waals surface area contributed by atoms with Gasteiger partial charge in [0.25, 0.3) is 0 Å². The van der Waals surface area contributed by atoms with Crippen LogP contribution in [-0.4, -0.2) is 10.9 Å². The third-order valence-electron chi connectivity index (χ3n) is 3.81. The molecule has 128 valence electrons. The number of aromatic nitrogens is 1. The monoisotopic (exact) mass is 354 g/mol. The average Bonchev–Trinajstić information content (AvgIpc) is 3.10. The normalized spacial score (nSPS) is 10.9. The van der Waals surface area contributed by atoms with E-state index in [-0.39, 0.29) is 17.6 Å². The molecule has 0 spiro atoms. The Morgan fingerprint density at radius 3 is 2.44 bits per heavy atom. The van der Waals surface area contributed by atoms with Gasteiger partial charge in [-0.15, -0.1) is 11.3 Å². The van der Waals surface area contributed by atoms with Crippen molar-refractivity contribution in [3.05, 3.63) is 71.4 Å². The summed E-state index contributed by atoms with van der Waals surface area (Å²) in [5, 5.41) is 2.55. The molecule has 5 heteroatoms. The van der Waals surface area contributed by atoms with Crippen LogP contribution in [0.2, 0.25) is 0 Å². The van der Waals surface area contributed by atoms with Crippen molar-refractivity contribution in [2.24, 2.45) is 5.92 Å². The summed E-state index contributed by atoms with van der Waals surface area (Å²) < 4.78 is 13.1. The highest BCUT2D eigenvalue weighted by Crippen LogP contribution is 2.29. The van der Waals surface area contributed by atoms with Crippen molar-refractivity contribution in [1.29, 1.82) is 0 Å². The lowest BCUT2D eigenvalue weighted by atomic mass is 10.1. The Hall–Kier alpha value is -2.53. The molecule has 0 aliphatic carbocycles. The zero-order valence-electron chi connectivity index (χ0n) is 14.1. The van der Waals surface area contributed by atoms with Gasteiger partial charge in [0.2, 0.25) is 5.91 Å². The standard InChI is InChI=1S/C20H19FN2OS/c1-14(2)19(24)23(12-15-6-4-3-5-7-15)20-22-18(13-25-20)16-8-10-17(21)11-9-16/h3-11,13-14H,12H2,1-2H3. The Bertz CT molecular complexity index is 844. The van der Waals surface area contributed by atoms with Crippen LogP contribution in [-0.2, 0) is 11.3 Å². The minimum Gasteiger partial charge on any atom is -0.283 e. The predicted molar refractivity (Wildman–Crippen MR) is 100.0 cm³/mol. The summed E-state index contributed by atoms with van der Waals surface area (Å²) in [7, 11) is 0. The molecule has 0 N–H and O–H groups in total. The van der Waals surface area contributed by atoms with Gasteiger partial charge in [-0.1, -0.05) is 44.2 Å². The van der Waals surface area contributed by atoms with Gasteiger partial charge in [0, 0.05) is 16.9 Å². The van der Waals surface area contributed by atoms with Crippen LogP contribution in [0, 0.1) is 11.7 Å². The molecule has 0 unspecified atom stereocenters. The van der Waals surface area contributed by atoms with E-state index < -0.39 is 0 Å². The summed E-state index contributed by atoms with van der Waals surface area (Å²) in [5.41, 5.74) is 2.63. The fraction of sp³-hybridized carbons (Fsp3) is 0.200. The molecule has 2 aromatic carbocycles. The maximum absolute atomic E-state index is 13.1. The Labute approximate surface area is 150 Å². The lowest BCUT2D eigenvalue weighted by Gasteiger charge is -2.22. The summed E-state index contributed by atoms with van der Waals surface area (Å²) in [6.45, 7) is 4.25. The van der Waals surface area contributed by atoms with Crippen LogP contribution < -0.4 is 4.90 Å². The van der Waals surface area contributed by atoms with E-state index in [0.717, 1.165) is 16.8 Å². The van der Waals surface area contributed by atoms with Gasteiger partial charge in [0.1, 0.15) is 5.82 Å². The average molecular weight is 354 g/mol. The van der Waals surface area contributed by atoms with Gasteiger partial charge >= 0.3 is 0 Å². The predicted octanol–water partition coefficient (Wildman–Crippen LogP) is 5.14.